The van der Waals surface area contributed by atoms with Crippen LogP contribution in [0.25, 0.3) is 0 Å². The van der Waals surface area contributed by atoms with Crippen LogP contribution in [0, 0.1) is 11.3 Å². The first-order valence-electron chi connectivity index (χ1n) is 7.69. The summed E-state index contributed by atoms with van der Waals surface area (Å²) in [5.74, 6) is -0.282. The number of hydrogen-bond acceptors (Lipinski definition) is 4. The zero-order chi connectivity index (χ0) is 16.9. The van der Waals surface area contributed by atoms with Gasteiger partial charge in [0.25, 0.3) is 5.91 Å². The average molecular weight is 335 g/mol. The van der Waals surface area contributed by atoms with Gasteiger partial charge < -0.3 is 4.90 Å². The van der Waals surface area contributed by atoms with Crippen molar-refractivity contribution >= 4 is 15.9 Å². The highest BCUT2D eigenvalue weighted by Crippen LogP contribution is 2.21. The van der Waals surface area contributed by atoms with Crippen molar-refractivity contribution in [3.8, 4) is 6.07 Å². The molecule has 0 aromatic heterocycles. The Morgan fingerprint density at radius 3 is 2.65 bits per heavy atom. The Balaban J connectivity index is 2.22. The minimum atomic E-state index is -3.55. The summed E-state index contributed by atoms with van der Waals surface area (Å²) >= 11 is 0. The molecule has 1 fully saturated rings. The minimum Gasteiger partial charge on any atom is -0.341 e. The van der Waals surface area contributed by atoms with E-state index in [1.54, 1.807) is 19.2 Å². The molecule has 6 nitrogen and oxygen atoms in total. The van der Waals surface area contributed by atoms with E-state index in [1.807, 2.05) is 6.07 Å². The van der Waals surface area contributed by atoms with Crippen molar-refractivity contribution in [3.63, 3.8) is 0 Å². The van der Waals surface area contributed by atoms with Gasteiger partial charge in [0.15, 0.2) is 0 Å². The number of carbonyl (C=O) groups excluding carboxylic acids is 1. The van der Waals surface area contributed by atoms with Gasteiger partial charge >= 0.3 is 0 Å². The van der Waals surface area contributed by atoms with Gasteiger partial charge in [-0.15, -0.1) is 0 Å². The molecule has 0 saturated carbocycles. The van der Waals surface area contributed by atoms with Gasteiger partial charge in [0.05, 0.1) is 17.4 Å². The fourth-order valence-electron chi connectivity index (χ4n) is 2.58. The van der Waals surface area contributed by atoms with E-state index in [-0.39, 0.29) is 17.2 Å². The third-order valence-electron chi connectivity index (χ3n) is 3.94. The van der Waals surface area contributed by atoms with E-state index in [9.17, 15) is 13.2 Å². The number of carbonyl (C=O) groups is 1. The molecule has 1 heterocycles. The maximum Gasteiger partial charge on any atom is 0.253 e. The molecule has 0 N–H and O–H groups in total. The normalized spacial score (nSPS) is 15.8. The predicted octanol–water partition coefficient (Wildman–Crippen LogP) is 1.85. The fraction of sp³-hybridized carbons (Fsp3) is 0.500. The molecule has 0 bridgehead atoms. The number of nitriles is 1. The second-order valence-electron chi connectivity index (χ2n) is 5.63. The Labute approximate surface area is 137 Å². The lowest BCUT2D eigenvalue weighted by Crippen LogP contribution is -2.35. The van der Waals surface area contributed by atoms with Crippen molar-refractivity contribution in [1.29, 1.82) is 5.26 Å². The van der Waals surface area contributed by atoms with Crippen LogP contribution in [0.3, 0.4) is 0 Å². The number of amides is 1. The molecular formula is C16H21N3O3S. The molecule has 7 heteroatoms. The Hall–Kier alpha value is -1.91. The maximum atomic E-state index is 12.7. The first-order valence-corrected chi connectivity index (χ1v) is 9.13. The van der Waals surface area contributed by atoms with Crippen LogP contribution in [0.1, 0.15) is 36.0 Å². The number of hydrogen-bond donors (Lipinski definition) is 0. The van der Waals surface area contributed by atoms with Crippen molar-refractivity contribution in [2.45, 2.75) is 30.6 Å². The topological polar surface area (TPSA) is 81.5 Å². The van der Waals surface area contributed by atoms with Gasteiger partial charge in [-0.05, 0) is 31.0 Å². The summed E-state index contributed by atoms with van der Waals surface area (Å²) in [5.41, 5.74) is 0.323. The molecule has 1 amide bonds. The molecule has 0 spiro atoms. The standard InChI is InChI=1S/C16H21N3O3S/c1-18(10-6-9-17)16(20)14-7-5-8-15(13-14)23(21,22)19-11-3-2-4-12-19/h5,7-8,13H,2-4,6,10-12H2,1H3. The third-order valence-corrected chi connectivity index (χ3v) is 5.83. The van der Waals surface area contributed by atoms with Gasteiger partial charge in [-0.1, -0.05) is 12.5 Å². The molecule has 2 rings (SSSR count). The second-order valence-corrected chi connectivity index (χ2v) is 7.57. The Bertz CT molecular complexity index is 704. The highest BCUT2D eigenvalue weighted by molar-refractivity contribution is 7.89. The summed E-state index contributed by atoms with van der Waals surface area (Å²) in [6.45, 7) is 1.38. The minimum absolute atomic E-state index is 0.152. The molecule has 1 aromatic carbocycles. The highest BCUT2D eigenvalue weighted by Gasteiger charge is 2.26. The number of piperidine rings is 1. The number of sulfonamides is 1. The van der Waals surface area contributed by atoms with Crippen molar-refractivity contribution in [3.05, 3.63) is 29.8 Å². The lowest BCUT2D eigenvalue weighted by atomic mass is 10.2. The smallest absolute Gasteiger partial charge is 0.253 e. The monoisotopic (exact) mass is 335 g/mol. The SMILES string of the molecule is CN(CCC#N)C(=O)c1cccc(S(=O)(=O)N2CCCCC2)c1. The molecule has 0 aliphatic carbocycles. The largest absolute Gasteiger partial charge is 0.341 e. The molecule has 1 aliphatic heterocycles. The third kappa shape index (κ3) is 4.09. The predicted molar refractivity (Wildman–Crippen MR) is 86.2 cm³/mol. The van der Waals surface area contributed by atoms with Gasteiger partial charge in [-0.3, -0.25) is 4.79 Å². The van der Waals surface area contributed by atoms with E-state index in [4.69, 9.17) is 5.26 Å². The van der Waals surface area contributed by atoms with Crippen LogP contribution in [0.2, 0.25) is 0 Å². The van der Waals surface area contributed by atoms with E-state index in [0.717, 1.165) is 19.3 Å². The molecule has 1 aromatic rings. The Morgan fingerprint density at radius 2 is 2.00 bits per heavy atom. The Morgan fingerprint density at radius 1 is 1.30 bits per heavy atom. The van der Waals surface area contributed by atoms with E-state index < -0.39 is 10.0 Å². The molecule has 124 valence electrons. The van der Waals surface area contributed by atoms with Crippen molar-refractivity contribution in [2.24, 2.45) is 0 Å². The van der Waals surface area contributed by atoms with Crippen LogP contribution in [0.4, 0.5) is 0 Å². The quantitative estimate of drug-likeness (QED) is 0.822. The summed E-state index contributed by atoms with van der Waals surface area (Å²) in [4.78, 5) is 13.9. The summed E-state index contributed by atoms with van der Waals surface area (Å²) in [6.07, 6.45) is 3.03. The average Bonchev–Trinajstić information content (AvgIpc) is 2.59. The first-order chi connectivity index (χ1) is 11.0. The second kappa shape index (κ2) is 7.57. The lowest BCUT2D eigenvalue weighted by Gasteiger charge is -2.26. The van der Waals surface area contributed by atoms with Crippen LogP contribution in [0.15, 0.2) is 29.2 Å². The number of benzene rings is 1. The molecule has 23 heavy (non-hydrogen) atoms. The molecular weight excluding hydrogens is 314 g/mol. The zero-order valence-electron chi connectivity index (χ0n) is 13.2. The number of nitrogens with zero attached hydrogens (tertiary/aromatic N) is 3. The van der Waals surface area contributed by atoms with E-state index in [0.29, 0.717) is 25.2 Å². The molecule has 0 radical (unpaired) electrons. The summed E-state index contributed by atoms with van der Waals surface area (Å²) < 4.78 is 26.8. The maximum absolute atomic E-state index is 12.7. The number of rotatable bonds is 5. The first kappa shape index (κ1) is 17.4. The van der Waals surface area contributed by atoms with Crippen LogP contribution in [-0.2, 0) is 10.0 Å². The lowest BCUT2D eigenvalue weighted by molar-refractivity contribution is 0.0798. The highest BCUT2D eigenvalue weighted by atomic mass is 32.2. The van der Waals surface area contributed by atoms with Crippen molar-refractivity contribution < 1.29 is 13.2 Å². The van der Waals surface area contributed by atoms with Gasteiger partial charge in [0, 0.05) is 32.2 Å². The zero-order valence-corrected chi connectivity index (χ0v) is 14.1. The van der Waals surface area contributed by atoms with Crippen LogP contribution < -0.4 is 0 Å². The van der Waals surface area contributed by atoms with Gasteiger partial charge in [-0.25, -0.2) is 8.42 Å². The van der Waals surface area contributed by atoms with Gasteiger partial charge in [0.1, 0.15) is 0 Å². The summed E-state index contributed by atoms with van der Waals surface area (Å²) in [6, 6.07) is 8.12. The molecule has 0 atom stereocenters. The molecule has 0 unspecified atom stereocenters. The van der Waals surface area contributed by atoms with Crippen molar-refractivity contribution in [2.75, 3.05) is 26.7 Å². The van der Waals surface area contributed by atoms with Crippen LogP contribution in [-0.4, -0.2) is 50.2 Å². The summed E-state index contributed by atoms with van der Waals surface area (Å²) in [7, 11) is -1.95. The molecule has 1 aliphatic rings. The van der Waals surface area contributed by atoms with Gasteiger partial charge in [0.2, 0.25) is 10.0 Å². The van der Waals surface area contributed by atoms with E-state index in [2.05, 4.69) is 0 Å². The Kier molecular flexibility index (Phi) is 5.74. The van der Waals surface area contributed by atoms with Crippen LogP contribution in [0.5, 0.6) is 0 Å². The van der Waals surface area contributed by atoms with Crippen LogP contribution >= 0.6 is 0 Å². The fourth-order valence-corrected chi connectivity index (χ4v) is 4.15. The molecule has 1 saturated heterocycles. The van der Waals surface area contributed by atoms with E-state index in [1.165, 1.54) is 21.3 Å². The summed E-state index contributed by atoms with van der Waals surface area (Å²) in [5, 5.41) is 8.59. The van der Waals surface area contributed by atoms with E-state index >= 15 is 0 Å². The van der Waals surface area contributed by atoms with Crippen molar-refractivity contribution in [1.82, 2.24) is 9.21 Å². The van der Waals surface area contributed by atoms with Gasteiger partial charge in [-0.2, -0.15) is 9.57 Å².